The number of rotatable bonds is 11. The van der Waals surface area contributed by atoms with Gasteiger partial charge >= 0.3 is 17.9 Å². The molecule has 0 aliphatic heterocycles. The highest BCUT2D eigenvalue weighted by Gasteiger charge is 2.54. The lowest BCUT2D eigenvalue weighted by atomic mass is 9.72. The summed E-state index contributed by atoms with van der Waals surface area (Å²) in [7, 11) is 0. The number of nitrogens with zero attached hydrogens (tertiary/aromatic N) is 1. The monoisotopic (exact) mass is 449 g/mol. The number of Topliss-reactive ketones (excluding diaryl/α,β-unsaturated/α-hetero) is 2. The van der Waals surface area contributed by atoms with Crippen molar-refractivity contribution in [2.24, 2.45) is 5.41 Å². The van der Waals surface area contributed by atoms with Crippen LogP contribution in [0.4, 0.5) is 0 Å². The molecule has 1 unspecified atom stereocenters. The minimum Gasteiger partial charge on any atom is -0.466 e. The zero-order valence-corrected chi connectivity index (χ0v) is 19.5. The number of ketones is 2. The molecule has 0 aromatic carbocycles. The first kappa shape index (κ1) is 26.9. The molecule has 1 atom stereocenters. The summed E-state index contributed by atoms with van der Waals surface area (Å²) >= 11 is 0. The Bertz CT molecular complexity index is 871. The first-order valence-corrected chi connectivity index (χ1v) is 10.4. The molecule has 0 N–H and O–H groups in total. The highest BCUT2D eigenvalue weighted by molar-refractivity contribution is 6.27. The van der Waals surface area contributed by atoms with Crippen LogP contribution in [-0.2, 0) is 33.4 Å². The smallest absolute Gasteiger partial charge is 0.328 e. The average molecular weight is 450 g/mol. The Hall–Kier alpha value is -3.10. The van der Waals surface area contributed by atoms with Crippen molar-refractivity contribution in [2.45, 2.75) is 66.4 Å². The quantitative estimate of drug-likeness (QED) is 0.217. The summed E-state index contributed by atoms with van der Waals surface area (Å²) in [5, 5.41) is 0. The van der Waals surface area contributed by atoms with Gasteiger partial charge in [0.15, 0.2) is 23.6 Å². The second-order valence-electron chi connectivity index (χ2n) is 8.35. The van der Waals surface area contributed by atoms with E-state index in [0.717, 1.165) is 6.92 Å². The summed E-state index contributed by atoms with van der Waals surface area (Å²) in [4.78, 5) is 67.3. The van der Waals surface area contributed by atoms with E-state index in [4.69, 9.17) is 14.2 Å². The first-order valence-electron chi connectivity index (χ1n) is 10.4. The van der Waals surface area contributed by atoms with Crippen LogP contribution in [0.2, 0.25) is 0 Å². The van der Waals surface area contributed by atoms with Gasteiger partial charge in [0.25, 0.3) is 0 Å². The standard InChI is InChI=1S/C23H31NO8/c1-7-30-19(27)9-8-10-23(18(26)14-31-16(3)25,21(29)32-22(4,5)6)20(28)17-11-15(2)12-24-13-17/h11-13H,7-10,14H2,1-6H3. The Kier molecular flexibility index (Phi) is 9.68. The number of esters is 3. The third-order valence-electron chi connectivity index (χ3n) is 4.39. The highest BCUT2D eigenvalue weighted by atomic mass is 16.6. The SMILES string of the molecule is CCOC(=O)CCCC(C(=O)COC(C)=O)(C(=O)OC(C)(C)C)C(=O)c1cncc(C)c1. The minimum absolute atomic E-state index is 0.00509. The molecule has 1 aromatic rings. The lowest BCUT2D eigenvalue weighted by Crippen LogP contribution is -2.51. The Morgan fingerprint density at radius 1 is 1.03 bits per heavy atom. The molecule has 1 heterocycles. The van der Waals surface area contributed by atoms with Crippen LogP contribution in [0.1, 0.15) is 69.8 Å². The fraction of sp³-hybridized carbons (Fsp3) is 0.565. The van der Waals surface area contributed by atoms with Gasteiger partial charge in [-0.15, -0.1) is 0 Å². The largest absolute Gasteiger partial charge is 0.466 e. The molecule has 0 bridgehead atoms. The van der Waals surface area contributed by atoms with Crippen LogP contribution in [0.15, 0.2) is 18.5 Å². The van der Waals surface area contributed by atoms with Crippen molar-refractivity contribution < 1.29 is 38.2 Å². The zero-order valence-electron chi connectivity index (χ0n) is 19.5. The molecule has 0 amide bonds. The number of hydrogen-bond acceptors (Lipinski definition) is 9. The van der Waals surface area contributed by atoms with E-state index < -0.39 is 47.1 Å². The molecule has 0 aliphatic carbocycles. The van der Waals surface area contributed by atoms with E-state index in [0.29, 0.717) is 5.56 Å². The third kappa shape index (κ3) is 7.55. The summed E-state index contributed by atoms with van der Waals surface area (Å²) in [6.07, 6.45) is 2.33. The number of carbonyl (C=O) groups is 5. The van der Waals surface area contributed by atoms with E-state index in [1.54, 1.807) is 34.6 Å². The maximum absolute atomic E-state index is 13.6. The van der Waals surface area contributed by atoms with Crippen LogP contribution in [0.3, 0.4) is 0 Å². The Morgan fingerprint density at radius 3 is 2.22 bits per heavy atom. The topological polar surface area (TPSA) is 126 Å². The molecule has 1 aromatic heterocycles. The molecular formula is C23H31NO8. The zero-order chi connectivity index (χ0) is 24.5. The van der Waals surface area contributed by atoms with Crippen LogP contribution in [0.25, 0.3) is 0 Å². The molecular weight excluding hydrogens is 418 g/mol. The molecule has 9 nitrogen and oxygen atoms in total. The highest BCUT2D eigenvalue weighted by Crippen LogP contribution is 2.34. The van der Waals surface area contributed by atoms with E-state index in [-0.39, 0.29) is 31.4 Å². The Morgan fingerprint density at radius 2 is 1.69 bits per heavy atom. The average Bonchev–Trinajstić information content (AvgIpc) is 2.67. The molecule has 0 saturated carbocycles. The molecule has 9 heteroatoms. The first-order chi connectivity index (χ1) is 14.8. The van der Waals surface area contributed by atoms with Gasteiger partial charge in [-0.3, -0.25) is 29.0 Å². The van der Waals surface area contributed by atoms with Crippen molar-refractivity contribution in [3.8, 4) is 0 Å². The van der Waals surface area contributed by atoms with Crippen LogP contribution >= 0.6 is 0 Å². The van der Waals surface area contributed by atoms with Gasteiger partial charge in [0.1, 0.15) is 5.60 Å². The summed E-state index contributed by atoms with van der Waals surface area (Å²) in [5.41, 5.74) is -2.64. The second kappa shape index (κ2) is 11.5. The maximum atomic E-state index is 13.6. The van der Waals surface area contributed by atoms with E-state index in [2.05, 4.69) is 4.98 Å². The van der Waals surface area contributed by atoms with Crippen LogP contribution in [0, 0.1) is 12.3 Å². The van der Waals surface area contributed by atoms with Crippen LogP contribution in [0.5, 0.6) is 0 Å². The van der Waals surface area contributed by atoms with Gasteiger partial charge in [0.05, 0.1) is 6.61 Å². The van der Waals surface area contributed by atoms with Gasteiger partial charge < -0.3 is 14.2 Å². The van der Waals surface area contributed by atoms with Gasteiger partial charge in [-0.1, -0.05) is 0 Å². The van der Waals surface area contributed by atoms with Gasteiger partial charge in [0, 0.05) is 31.3 Å². The van der Waals surface area contributed by atoms with Crippen molar-refractivity contribution >= 4 is 29.5 Å². The normalized spacial score (nSPS) is 12.9. The maximum Gasteiger partial charge on any atom is 0.328 e. The van der Waals surface area contributed by atoms with Gasteiger partial charge in [-0.2, -0.15) is 0 Å². The number of pyridine rings is 1. The van der Waals surface area contributed by atoms with Crippen LogP contribution in [-0.4, -0.2) is 53.3 Å². The molecule has 0 fully saturated rings. The fourth-order valence-corrected chi connectivity index (χ4v) is 3.00. The summed E-state index contributed by atoms with van der Waals surface area (Å²) in [6, 6.07) is 1.50. The summed E-state index contributed by atoms with van der Waals surface area (Å²) in [6.45, 7) is 8.65. The van der Waals surface area contributed by atoms with E-state index in [9.17, 15) is 24.0 Å². The molecule has 0 radical (unpaired) electrons. The van der Waals surface area contributed by atoms with Gasteiger partial charge in [0.2, 0.25) is 0 Å². The van der Waals surface area contributed by atoms with E-state index in [1.807, 2.05) is 0 Å². The third-order valence-corrected chi connectivity index (χ3v) is 4.39. The molecule has 0 spiro atoms. The summed E-state index contributed by atoms with van der Waals surface area (Å²) in [5.74, 6) is -4.10. The van der Waals surface area contributed by atoms with Crippen LogP contribution < -0.4 is 0 Å². The van der Waals surface area contributed by atoms with Crippen molar-refractivity contribution in [1.29, 1.82) is 0 Å². The number of carbonyl (C=O) groups excluding carboxylic acids is 5. The van der Waals surface area contributed by atoms with Gasteiger partial charge in [-0.05, 0) is 59.1 Å². The number of hydrogen-bond donors (Lipinski definition) is 0. The Labute approximate surface area is 187 Å². The van der Waals surface area contributed by atoms with E-state index >= 15 is 0 Å². The van der Waals surface area contributed by atoms with Crippen molar-refractivity contribution in [1.82, 2.24) is 4.98 Å². The number of aryl methyl sites for hydroxylation is 1. The second-order valence-corrected chi connectivity index (χ2v) is 8.35. The summed E-state index contributed by atoms with van der Waals surface area (Å²) < 4.78 is 15.2. The molecule has 1 rings (SSSR count). The van der Waals surface area contributed by atoms with Crippen molar-refractivity contribution in [3.63, 3.8) is 0 Å². The lowest BCUT2D eigenvalue weighted by Gasteiger charge is -2.32. The van der Waals surface area contributed by atoms with Gasteiger partial charge in [-0.25, -0.2) is 0 Å². The predicted molar refractivity (Wildman–Crippen MR) is 114 cm³/mol. The molecule has 0 aliphatic rings. The Balaban J connectivity index is 3.50. The van der Waals surface area contributed by atoms with Crippen molar-refractivity contribution in [3.05, 3.63) is 29.6 Å². The predicted octanol–water partition coefficient (Wildman–Crippen LogP) is 2.77. The number of ether oxygens (including phenoxy) is 3. The molecule has 0 saturated heterocycles. The van der Waals surface area contributed by atoms with E-state index in [1.165, 1.54) is 18.5 Å². The molecule has 176 valence electrons. The number of aromatic nitrogens is 1. The minimum atomic E-state index is -2.31. The van der Waals surface area contributed by atoms with Crippen molar-refractivity contribution in [2.75, 3.05) is 13.2 Å². The molecule has 32 heavy (non-hydrogen) atoms. The fourth-order valence-electron chi connectivity index (χ4n) is 3.00. The lowest BCUT2D eigenvalue weighted by molar-refractivity contribution is -0.170.